The van der Waals surface area contributed by atoms with Gasteiger partial charge in [-0.25, -0.2) is 4.98 Å². The van der Waals surface area contributed by atoms with Crippen LogP contribution in [-0.4, -0.2) is 4.98 Å². The third kappa shape index (κ3) is 2.07. The fourth-order valence-corrected chi connectivity index (χ4v) is 1.99. The molecule has 0 fully saturated rings. The van der Waals surface area contributed by atoms with Crippen LogP contribution in [0.15, 0.2) is 53.3 Å². The van der Waals surface area contributed by atoms with E-state index in [0.717, 1.165) is 12.1 Å². The van der Waals surface area contributed by atoms with Gasteiger partial charge in [0.25, 0.3) is 0 Å². The number of alkyl halides is 3. The number of pyridine rings is 1. The maximum atomic E-state index is 12.7. The van der Waals surface area contributed by atoms with Crippen LogP contribution in [0, 0.1) is 0 Å². The van der Waals surface area contributed by atoms with Crippen LogP contribution < -0.4 is 0 Å². The fourth-order valence-electron chi connectivity index (χ4n) is 1.99. The molecule has 0 aliphatic rings. The van der Waals surface area contributed by atoms with Crippen molar-refractivity contribution >= 4 is 11.1 Å². The second-order valence-corrected chi connectivity index (χ2v) is 4.08. The van der Waals surface area contributed by atoms with Crippen molar-refractivity contribution < 1.29 is 17.6 Å². The van der Waals surface area contributed by atoms with Gasteiger partial charge in [-0.3, -0.25) is 0 Å². The van der Waals surface area contributed by atoms with Crippen molar-refractivity contribution in [2.75, 3.05) is 0 Å². The number of aromatic nitrogens is 1. The lowest BCUT2D eigenvalue weighted by molar-refractivity contribution is -0.137. The largest absolute Gasteiger partial charge is 0.446 e. The Labute approximate surface area is 106 Å². The molecule has 0 aliphatic heterocycles. The first kappa shape index (κ1) is 11.8. The van der Waals surface area contributed by atoms with E-state index in [0.29, 0.717) is 22.2 Å². The summed E-state index contributed by atoms with van der Waals surface area (Å²) >= 11 is 0. The zero-order valence-electron chi connectivity index (χ0n) is 9.61. The molecule has 0 saturated carbocycles. The van der Waals surface area contributed by atoms with E-state index in [1.54, 1.807) is 18.2 Å². The SMILES string of the molecule is FC(F)(F)c1cccc(-c2ccnc3occc23)c1. The highest BCUT2D eigenvalue weighted by atomic mass is 19.4. The number of furan rings is 1. The second-order valence-electron chi connectivity index (χ2n) is 4.08. The van der Waals surface area contributed by atoms with Crippen LogP contribution in [0.5, 0.6) is 0 Å². The number of rotatable bonds is 1. The smallest absolute Gasteiger partial charge is 0.416 e. The quantitative estimate of drug-likeness (QED) is 0.645. The van der Waals surface area contributed by atoms with E-state index in [2.05, 4.69) is 4.98 Å². The number of hydrogen-bond acceptors (Lipinski definition) is 2. The summed E-state index contributed by atoms with van der Waals surface area (Å²) in [6.07, 6.45) is -1.37. The summed E-state index contributed by atoms with van der Waals surface area (Å²) in [5, 5.41) is 0.696. The minimum absolute atomic E-state index is 0.412. The van der Waals surface area contributed by atoms with Gasteiger partial charge in [-0.1, -0.05) is 12.1 Å². The molecule has 0 atom stereocenters. The Hall–Kier alpha value is -2.30. The van der Waals surface area contributed by atoms with Gasteiger partial charge in [0.05, 0.1) is 11.8 Å². The van der Waals surface area contributed by atoms with Gasteiger partial charge in [0.15, 0.2) is 0 Å². The van der Waals surface area contributed by atoms with Gasteiger partial charge in [-0.05, 0) is 35.4 Å². The average Bonchev–Trinajstić information content (AvgIpc) is 2.86. The number of benzene rings is 1. The lowest BCUT2D eigenvalue weighted by atomic mass is 10.0. The van der Waals surface area contributed by atoms with Gasteiger partial charge in [-0.2, -0.15) is 13.2 Å². The van der Waals surface area contributed by atoms with Crippen LogP contribution in [-0.2, 0) is 6.18 Å². The topological polar surface area (TPSA) is 26.0 Å². The summed E-state index contributed by atoms with van der Waals surface area (Å²) in [7, 11) is 0. The summed E-state index contributed by atoms with van der Waals surface area (Å²) in [4.78, 5) is 4.01. The van der Waals surface area contributed by atoms with Gasteiger partial charge in [-0.15, -0.1) is 0 Å². The highest BCUT2D eigenvalue weighted by molar-refractivity contribution is 5.91. The first-order valence-electron chi connectivity index (χ1n) is 5.55. The first-order chi connectivity index (χ1) is 9.05. The number of halogens is 3. The molecule has 0 saturated heterocycles. The summed E-state index contributed by atoms with van der Waals surface area (Å²) in [6, 6.07) is 8.58. The fraction of sp³-hybridized carbons (Fsp3) is 0.0714. The van der Waals surface area contributed by atoms with Gasteiger partial charge < -0.3 is 4.42 Å². The number of fused-ring (bicyclic) bond motifs is 1. The third-order valence-corrected chi connectivity index (χ3v) is 2.87. The molecule has 1 aromatic carbocycles. The standard InChI is InChI=1S/C14H8F3NO/c15-14(16,17)10-3-1-2-9(8-10)11-4-6-18-13-12(11)5-7-19-13/h1-8H. The lowest BCUT2D eigenvalue weighted by Crippen LogP contribution is -2.04. The van der Waals surface area contributed by atoms with E-state index in [1.165, 1.54) is 18.5 Å². The monoisotopic (exact) mass is 263 g/mol. The maximum Gasteiger partial charge on any atom is 0.416 e. The summed E-state index contributed by atoms with van der Waals surface area (Å²) in [6.45, 7) is 0. The molecule has 3 aromatic rings. The Morgan fingerprint density at radius 1 is 1.05 bits per heavy atom. The molecule has 0 amide bonds. The van der Waals surface area contributed by atoms with Crippen molar-refractivity contribution in [3.63, 3.8) is 0 Å². The Bertz CT molecular complexity index is 731. The molecule has 3 rings (SSSR count). The summed E-state index contributed by atoms with van der Waals surface area (Å²) in [5.74, 6) is 0. The van der Waals surface area contributed by atoms with E-state index >= 15 is 0 Å². The summed E-state index contributed by atoms with van der Waals surface area (Å²) in [5.41, 5.74) is 0.904. The van der Waals surface area contributed by atoms with Crippen molar-refractivity contribution in [1.29, 1.82) is 0 Å². The van der Waals surface area contributed by atoms with Gasteiger partial charge in [0.1, 0.15) is 0 Å². The molecule has 19 heavy (non-hydrogen) atoms. The lowest BCUT2D eigenvalue weighted by Gasteiger charge is -2.09. The Morgan fingerprint density at radius 2 is 1.89 bits per heavy atom. The molecule has 0 bridgehead atoms. The van der Waals surface area contributed by atoms with Gasteiger partial charge >= 0.3 is 6.18 Å². The zero-order chi connectivity index (χ0) is 13.5. The molecule has 0 N–H and O–H groups in total. The Morgan fingerprint density at radius 3 is 2.68 bits per heavy atom. The average molecular weight is 263 g/mol. The van der Waals surface area contributed by atoms with Crippen molar-refractivity contribution in [2.45, 2.75) is 6.18 Å². The molecular weight excluding hydrogens is 255 g/mol. The highest BCUT2D eigenvalue weighted by Crippen LogP contribution is 2.34. The molecule has 0 radical (unpaired) electrons. The van der Waals surface area contributed by atoms with Crippen LogP contribution in [0.4, 0.5) is 13.2 Å². The highest BCUT2D eigenvalue weighted by Gasteiger charge is 2.30. The van der Waals surface area contributed by atoms with E-state index < -0.39 is 11.7 Å². The van der Waals surface area contributed by atoms with Crippen LogP contribution >= 0.6 is 0 Å². The normalized spacial score (nSPS) is 11.9. The van der Waals surface area contributed by atoms with Crippen LogP contribution in [0.2, 0.25) is 0 Å². The summed E-state index contributed by atoms with van der Waals surface area (Å²) < 4.78 is 43.3. The van der Waals surface area contributed by atoms with E-state index in [-0.39, 0.29) is 0 Å². The van der Waals surface area contributed by atoms with E-state index in [4.69, 9.17) is 4.42 Å². The Balaban J connectivity index is 2.19. The molecule has 2 aromatic heterocycles. The predicted molar refractivity (Wildman–Crippen MR) is 64.4 cm³/mol. The third-order valence-electron chi connectivity index (χ3n) is 2.87. The molecule has 0 spiro atoms. The van der Waals surface area contributed by atoms with E-state index in [1.807, 2.05) is 0 Å². The second kappa shape index (κ2) is 4.12. The molecule has 2 heterocycles. The maximum absolute atomic E-state index is 12.7. The van der Waals surface area contributed by atoms with Gasteiger partial charge in [0, 0.05) is 11.6 Å². The molecule has 5 heteroatoms. The Kier molecular flexibility index (Phi) is 2.55. The molecule has 96 valence electrons. The van der Waals surface area contributed by atoms with Crippen LogP contribution in [0.1, 0.15) is 5.56 Å². The molecule has 0 unspecified atom stereocenters. The van der Waals surface area contributed by atoms with Crippen LogP contribution in [0.3, 0.4) is 0 Å². The number of hydrogen-bond donors (Lipinski definition) is 0. The van der Waals surface area contributed by atoms with E-state index in [9.17, 15) is 13.2 Å². The van der Waals surface area contributed by atoms with Crippen molar-refractivity contribution in [3.8, 4) is 11.1 Å². The molecular formula is C14H8F3NO. The first-order valence-corrected chi connectivity index (χ1v) is 5.55. The zero-order valence-corrected chi connectivity index (χ0v) is 9.61. The van der Waals surface area contributed by atoms with Crippen molar-refractivity contribution in [1.82, 2.24) is 4.98 Å². The number of nitrogens with zero attached hydrogens (tertiary/aromatic N) is 1. The van der Waals surface area contributed by atoms with Crippen LogP contribution in [0.25, 0.3) is 22.2 Å². The minimum atomic E-state index is -4.35. The minimum Gasteiger partial charge on any atom is -0.446 e. The molecule has 0 aliphatic carbocycles. The van der Waals surface area contributed by atoms with Gasteiger partial charge in [0.2, 0.25) is 5.71 Å². The predicted octanol–water partition coefficient (Wildman–Crippen LogP) is 4.51. The molecule has 2 nitrogen and oxygen atoms in total. The van der Waals surface area contributed by atoms with Crippen molar-refractivity contribution in [2.24, 2.45) is 0 Å². The van der Waals surface area contributed by atoms with Crippen molar-refractivity contribution in [3.05, 3.63) is 54.4 Å².